The summed E-state index contributed by atoms with van der Waals surface area (Å²) < 4.78 is 0. The van der Waals surface area contributed by atoms with E-state index in [2.05, 4.69) is 17.2 Å². The van der Waals surface area contributed by atoms with Gasteiger partial charge in [-0.1, -0.05) is 23.7 Å². The zero-order valence-electron chi connectivity index (χ0n) is 13.7. The first-order valence-electron chi connectivity index (χ1n) is 7.80. The van der Waals surface area contributed by atoms with E-state index in [1.807, 2.05) is 17.5 Å². The second-order valence-electron chi connectivity index (χ2n) is 5.24. The topological polar surface area (TPSA) is 61.4 Å². The van der Waals surface area contributed by atoms with Crippen LogP contribution in [0.3, 0.4) is 0 Å². The van der Waals surface area contributed by atoms with Crippen molar-refractivity contribution in [3.63, 3.8) is 0 Å². The highest BCUT2D eigenvalue weighted by atomic mass is 35.5. The first-order valence-corrected chi connectivity index (χ1v) is 9.05. The van der Waals surface area contributed by atoms with Gasteiger partial charge in [0.05, 0.1) is 6.54 Å². The van der Waals surface area contributed by atoms with Crippen LogP contribution in [-0.2, 0) is 6.54 Å². The molecule has 2 aromatic rings. The lowest BCUT2D eigenvalue weighted by Crippen LogP contribution is -2.42. The second kappa shape index (κ2) is 9.86. The molecule has 0 bridgehead atoms. The zero-order chi connectivity index (χ0) is 18.1. The molecule has 0 aliphatic carbocycles. The predicted octanol–water partition coefficient (Wildman–Crippen LogP) is 3.53. The number of benzene rings is 1. The van der Waals surface area contributed by atoms with Gasteiger partial charge in [-0.15, -0.1) is 17.9 Å². The third-order valence-electron chi connectivity index (χ3n) is 3.36. The van der Waals surface area contributed by atoms with Crippen molar-refractivity contribution in [1.82, 2.24) is 15.5 Å². The monoisotopic (exact) mass is 377 g/mol. The summed E-state index contributed by atoms with van der Waals surface area (Å²) in [6, 6.07) is 10.4. The van der Waals surface area contributed by atoms with E-state index in [-0.39, 0.29) is 11.9 Å². The Morgan fingerprint density at radius 3 is 2.52 bits per heavy atom. The van der Waals surface area contributed by atoms with Gasteiger partial charge in [-0.05, 0) is 35.7 Å². The summed E-state index contributed by atoms with van der Waals surface area (Å²) in [5.74, 6) is -0.201. The van der Waals surface area contributed by atoms with Crippen LogP contribution in [-0.4, -0.2) is 36.5 Å². The lowest BCUT2D eigenvalue weighted by molar-refractivity contribution is 0.0953. The largest absolute Gasteiger partial charge is 0.350 e. The summed E-state index contributed by atoms with van der Waals surface area (Å²) in [6.45, 7) is 5.37. The number of carbonyl (C=O) groups excluding carboxylic acids is 2. The fraction of sp³-hybridized carbons (Fsp3) is 0.222. The Morgan fingerprint density at radius 1 is 1.16 bits per heavy atom. The van der Waals surface area contributed by atoms with Crippen LogP contribution in [0.4, 0.5) is 4.79 Å². The van der Waals surface area contributed by atoms with Gasteiger partial charge >= 0.3 is 6.03 Å². The fourth-order valence-corrected chi connectivity index (χ4v) is 2.97. The van der Waals surface area contributed by atoms with Crippen LogP contribution in [0.5, 0.6) is 0 Å². The van der Waals surface area contributed by atoms with Crippen LogP contribution < -0.4 is 10.6 Å². The van der Waals surface area contributed by atoms with Gasteiger partial charge in [-0.25, -0.2) is 4.79 Å². The van der Waals surface area contributed by atoms with Crippen molar-refractivity contribution in [2.45, 2.75) is 6.54 Å². The molecule has 7 heteroatoms. The van der Waals surface area contributed by atoms with Crippen molar-refractivity contribution in [3.8, 4) is 0 Å². The average molecular weight is 378 g/mol. The number of carbonyl (C=O) groups is 2. The van der Waals surface area contributed by atoms with Crippen molar-refractivity contribution in [2.75, 3.05) is 19.6 Å². The SMILES string of the molecule is C=CCN(Cc1cccs1)C(=O)NCCNC(=O)c1ccc(Cl)cc1. The quantitative estimate of drug-likeness (QED) is 0.546. The number of halogens is 1. The van der Waals surface area contributed by atoms with Crippen LogP contribution in [0, 0.1) is 0 Å². The minimum absolute atomic E-state index is 0.186. The van der Waals surface area contributed by atoms with Gasteiger partial charge < -0.3 is 15.5 Å². The Bertz CT molecular complexity index is 702. The normalized spacial score (nSPS) is 10.1. The summed E-state index contributed by atoms with van der Waals surface area (Å²) in [4.78, 5) is 27.0. The van der Waals surface area contributed by atoms with Crippen molar-refractivity contribution in [3.05, 3.63) is 69.9 Å². The lowest BCUT2D eigenvalue weighted by atomic mass is 10.2. The number of thiophene rings is 1. The van der Waals surface area contributed by atoms with Gasteiger partial charge in [0, 0.05) is 35.1 Å². The van der Waals surface area contributed by atoms with Gasteiger partial charge in [-0.3, -0.25) is 4.79 Å². The van der Waals surface area contributed by atoms with E-state index in [4.69, 9.17) is 11.6 Å². The van der Waals surface area contributed by atoms with E-state index < -0.39 is 0 Å². The Hall–Kier alpha value is -2.31. The summed E-state index contributed by atoms with van der Waals surface area (Å²) in [5.41, 5.74) is 0.529. The van der Waals surface area contributed by atoms with Crippen LogP contribution in [0.2, 0.25) is 5.02 Å². The van der Waals surface area contributed by atoms with E-state index in [1.165, 1.54) is 0 Å². The minimum Gasteiger partial charge on any atom is -0.350 e. The molecule has 1 heterocycles. The molecule has 0 saturated carbocycles. The Morgan fingerprint density at radius 2 is 1.88 bits per heavy atom. The molecule has 1 aromatic heterocycles. The molecule has 1 aromatic carbocycles. The summed E-state index contributed by atoms with van der Waals surface area (Å²) in [6.07, 6.45) is 1.69. The highest BCUT2D eigenvalue weighted by molar-refractivity contribution is 7.09. The molecule has 0 spiro atoms. The smallest absolute Gasteiger partial charge is 0.318 e. The van der Waals surface area contributed by atoms with E-state index in [9.17, 15) is 9.59 Å². The zero-order valence-corrected chi connectivity index (χ0v) is 15.3. The maximum Gasteiger partial charge on any atom is 0.318 e. The summed E-state index contributed by atoms with van der Waals surface area (Å²) in [5, 5.41) is 8.12. The molecule has 0 unspecified atom stereocenters. The number of nitrogens with zero attached hydrogens (tertiary/aromatic N) is 1. The van der Waals surface area contributed by atoms with Gasteiger partial charge in [0.1, 0.15) is 0 Å². The summed E-state index contributed by atoms with van der Waals surface area (Å²) >= 11 is 7.40. The number of urea groups is 1. The van der Waals surface area contributed by atoms with Gasteiger partial charge in [0.15, 0.2) is 0 Å². The molecule has 2 rings (SSSR count). The molecule has 25 heavy (non-hydrogen) atoms. The third-order valence-corrected chi connectivity index (χ3v) is 4.47. The van der Waals surface area contributed by atoms with Crippen LogP contribution in [0.25, 0.3) is 0 Å². The number of hydrogen-bond donors (Lipinski definition) is 2. The van der Waals surface area contributed by atoms with E-state index >= 15 is 0 Å². The lowest BCUT2D eigenvalue weighted by Gasteiger charge is -2.21. The Balaban J connectivity index is 1.75. The van der Waals surface area contributed by atoms with Gasteiger partial charge in [0.25, 0.3) is 5.91 Å². The molecule has 0 fully saturated rings. The fourth-order valence-electron chi connectivity index (χ4n) is 2.13. The van der Waals surface area contributed by atoms with Crippen LogP contribution in [0.15, 0.2) is 54.4 Å². The number of rotatable bonds is 8. The van der Waals surface area contributed by atoms with Crippen molar-refractivity contribution >= 4 is 34.9 Å². The van der Waals surface area contributed by atoms with Crippen LogP contribution in [0.1, 0.15) is 15.2 Å². The highest BCUT2D eigenvalue weighted by Crippen LogP contribution is 2.12. The number of hydrogen-bond acceptors (Lipinski definition) is 3. The molecule has 0 aliphatic heterocycles. The molecule has 132 valence electrons. The minimum atomic E-state index is -0.201. The molecule has 3 amide bonds. The van der Waals surface area contributed by atoms with E-state index in [0.717, 1.165) is 4.88 Å². The molecular formula is C18H20ClN3O2S. The number of amides is 3. The Kier molecular flexibility index (Phi) is 7.50. The van der Waals surface area contributed by atoms with Crippen molar-refractivity contribution < 1.29 is 9.59 Å². The maximum absolute atomic E-state index is 12.3. The van der Waals surface area contributed by atoms with E-state index in [1.54, 1.807) is 46.6 Å². The molecule has 2 N–H and O–H groups in total. The maximum atomic E-state index is 12.3. The summed E-state index contributed by atoms with van der Waals surface area (Å²) in [7, 11) is 0. The highest BCUT2D eigenvalue weighted by Gasteiger charge is 2.12. The molecule has 0 saturated heterocycles. The molecule has 0 aliphatic rings. The predicted molar refractivity (Wildman–Crippen MR) is 102 cm³/mol. The Labute approximate surface area is 156 Å². The third kappa shape index (κ3) is 6.25. The van der Waals surface area contributed by atoms with Gasteiger partial charge in [0.2, 0.25) is 0 Å². The van der Waals surface area contributed by atoms with Gasteiger partial charge in [-0.2, -0.15) is 0 Å². The number of nitrogens with one attached hydrogen (secondary N) is 2. The second-order valence-corrected chi connectivity index (χ2v) is 6.71. The standard InChI is InChI=1S/C18H20ClN3O2S/c1-2-11-22(13-16-4-3-12-25-16)18(24)21-10-9-20-17(23)14-5-7-15(19)8-6-14/h2-8,12H,1,9-11,13H2,(H,20,23)(H,21,24). The van der Waals surface area contributed by atoms with E-state index in [0.29, 0.717) is 36.8 Å². The average Bonchev–Trinajstić information content (AvgIpc) is 3.11. The van der Waals surface area contributed by atoms with Crippen molar-refractivity contribution in [1.29, 1.82) is 0 Å². The molecule has 0 atom stereocenters. The molecular weight excluding hydrogens is 358 g/mol. The molecule has 5 nitrogen and oxygen atoms in total. The van der Waals surface area contributed by atoms with Crippen molar-refractivity contribution in [2.24, 2.45) is 0 Å². The first-order chi connectivity index (χ1) is 12.1. The van der Waals surface area contributed by atoms with Crippen LogP contribution >= 0.6 is 22.9 Å². The first kappa shape index (κ1) is 19.0. The molecule has 0 radical (unpaired) electrons.